The van der Waals surface area contributed by atoms with Crippen LogP contribution in [0.1, 0.15) is 6.42 Å². The topological polar surface area (TPSA) is 38.4 Å². The van der Waals surface area contributed by atoms with Crippen molar-refractivity contribution in [2.45, 2.75) is 18.8 Å². The molecule has 0 bridgehead atoms. The SMILES string of the molecule is NC1=NCC(C(F)(F)F)(C(F)(F)F)C1. The van der Waals surface area contributed by atoms with Gasteiger partial charge in [0, 0.05) is 6.42 Å². The van der Waals surface area contributed by atoms with E-state index in [1.54, 1.807) is 0 Å². The van der Waals surface area contributed by atoms with Crippen LogP contribution in [0, 0.1) is 5.41 Å². The Morgan fingerprint density at radius 1 is 1.07 bits per heavy atom. The second-order valence-electron chi connectivity index (χ2n) is 3.06. The summed E-state index contributed by atoms with van der Waals surface area (Å²) in [5.74, 6) is -0.611. The molecule has 2 N–H and O–H groups in total. The van der Waals surface area contributed by atoms with Gasteiger partial charge in [0.1, 0.15) is 0 Å². The van der Waals surface area contributed by atoms with Crippen LogP contribution in [-0.4, -0.2) is 24.7 Å². The normalized spacial score (nSPS) is 22.3. The van der Waals surface area contributed by atoms with Crippen LogP contribution in [0.25, 0.3) is 0 Å². The third-order valence-corrected chi connectivity index (χ3v) is 2.12. The zero-order valence-electron chi connectivity index (χ0n) is 6.71. The highest BCUT2D eigenvalue weighted by Crippen LogP contribution is 2.54. The summed E-state index contributed by atoms with van der Waals surface area (Å²) in [6, 6.07) is 0. The molecule has 0 fully saturated rings. The van der Waals surface area contributed by atoms with Crippen molar-refractivity contribution >= 4 is 5.84 Å². The fourth-order valence-electron chi connectivity index (χ4n) is 1.20. The predicted molar refractivity (Wildman–Crippen MR) is 35.6 cm³/mol. The molecule has 0 aromatic carbocycles. The molecule has 1 aliphatic heterocycles. The molecule has 14 heavy (non-hydrogen) atoms. The first-order valence-corrected chi connectivity index (χ1v) is 3.52. The van der Waals surface area contributed by atoms with E-state index in [4.69, 9.17) is 5.73 Å². The number of halogens is 6. The summed E-state index contributed by atoms with van der Waals surface area (Å²) in [7, 11) is 0. The standard InChI is InChI=1S/C6H6F6N2/c7-5(8,9)4(6(10,11)12)1-3(13)14-2-4/h1-2H2,(H2,13,14). The van der Waals surface area contributed by atoms with Crippen molar-refractivity contribution in [3.8, 4) is 0 Å². The van der Waals surface area contributed by atoms with E-state index in [-0.39, 0.29) is 0 Å². The Morgan fingerprint density at radius 3 is 1.64 bits per heavy atom. The molecule has 0 saturated carbocycles. The highest BCUT2D eigenvalue weighted by atomic mass is 19.4. The molecule has 8 heteroatoms. The van der Waals surface area contributed by atoms with E-state index < -0.39 is 36.6 Å². The van der Waals surface area contributed by atoms with Gasteiger partial charge >= 0.3 is 12.4 Å². The van der Waals surface area contributed by atoms with Crippen molar-refractivity contribution in [2.24, 2.45) is 16.1 Å². The number of hydrogen-bond donors (Lipinski definition) is 1. The van der Waals surface area contributed by atoms with Crippen molar-refractivity contribution < 1.29 is 26.3 Å². The average molecular weight is 220 g/mol. The van der Waals surface area contributed by atoms with Crippen LogP contribution < -0.4 is 5.73 Å². The summed E-state index contributed by atoms with van der Waals surface area (Å²) >= 11 is 0. The quantitative estimate of drug-likeness (QED) is 0.621. The summed E-state index contributed by atoms with van der Waals surface area (Å²) < 4.78 is 73.4. The maximum Gasteiger partial charge on any atom is 0.405 e. The Kier molecular flexibility index (Phi) is 2.20. The Morgan fingerprint density at radius 2 is 1.50 bits per heavy atom. The summed E-state index contributed by atoms with van der Waals surface area (Å²) in [5, 5.41) is 0. The number of nitrogens with two attached hydrogens (primary N) is 1. The Balaban J connectivity index is 3.08. The molecule has 2 nitrogen and oxygen atoms in total. The van der Waals surface area contributed by atoms with Gasteiger partial charge in [-0.2, -0.15) is 26.3 Å². The maximum atomic E-state index is 12.2. The van der Waals surface area contributed by atoms with Gasteiger partial charge in [-0.1, -0.05) is 0 Å². The number of amidine groups is 1. The van der Waals surface area contributed by atoms with E-state index >= 15 is 0 Å². The average Bonchev–Trinajstić information content (AvgIpc) is 2.28. The van der Waals surface area contributed by atoms with Crippen molar-refractivity contribution in [1.82, 2.24) is 0 Å². The zero-order chi connectivity index (χ0) is 11.2. The second kappa shape index (κ2) is 2.77. The Bertz CT molecular complexity index is 248. The van der Waals surface area contributed by atoms with Gasteiger partial charge in [-0.25, -0.2) is 0 Å². The lowest BCUT2D eigenvalue weighted by atomic mass is 9.84. The van der Waals surface area contributed by atoms with Gasteiger partial charge in [0.2, 0.25) is 0 Å². The summed E-state index contributed by atoms with van der Waals surface area (Å²) in [5.41, 5.74) is 1.07. The van der Waals surface area contributed by atoms with Crippen molar-refractivity contribution in [3.63, 3.8) is 0 Å². The van der Waals surface area contributed by atoms with Crippen molar-refractivity contribution in [3.05, 3.63) is 0 Å². The minimum absolute atomic E-state index is 0.611. The number of rotatable bonds is 0. The molecule has 1 rings (SSSR count). The van der Waals surface area contributed by atoms with Crippen LogP contribution in [-0.2, 0) is 0 Å². The monoisotopic (exact) mass is 220 g/mol. The number of aliphatic imine (C=N–C) groups is 1. The molecule has 0 atom stereocenters. The van der Waals surface area contributed by atoms with E-state index in [1.807, 2.05) is 0 Å². The molecule has 0 saturated heterocycles. The molecule has 0 radical (unpaired) electrons. The van der Waals surface area contributed by atoms with Gasteiger partial charge in [0.25, 0.3) is 0 Å². The van der Waals surface area contributed by atoms with E-state index in [1.165, 1.54) is 0 Å². The fraction of sp³-hybridized carbons (Fsp3) is 0.833. The van der Waals surface area contributed by atoms with E-state index in [9.17, 15) is 26.3 Å². The van der Waals surface area contributed by atoms with Crippen LogP contribution in [0.5, 0.6) is 0 Å². The number of nitrogens with zero attached hydrogens (tertiary/aromatic N) is 1. The first-order valence-electron chi connectivity index (χ1n) is 3.52. The predicted octanol–water partition coefficient (Wildman–Crippen LogP) is 1.86. The molecular weight excluding hydrogens is 214 g/mol. The molecule has 1 aliphatic rings. The maximum absolute atomic E-state index is 12.2. The molecule has 1 heterocycles. The molecule has 0 aromatic rings. The minimum Gasteiger partial charge on any atom is -0.387 e. The Labute approximate surface area is 74.8 Å². The van der Waals surface area contributed by atoms with Crippen LogP contribution in [0.2, 0.25) is 0 Å². The smallest absolute Gasteiger partial charge is 0.387 e. The molecule has 0 unspecified atom stereocenters. The molecular formula is C6H6F6N2. The van der Waals surface area contributed by atoms with Crippen molar-refractivity contribution in [1.29, 1.82) is 0 Å². The molecule has 0 spiro atoms. The molecule has 0 amide bonds. The van der Waals surface area contributed by atoms with Crippen LogP contribution in [0.15, 0.2) is 4.99 Å². The van der Waals surface area contributed by atoms with Gasteiger partial charge in [-0.15, -0.1) is 0 Å². The van der Waals surface area contributed by atoms with Crippen LogP contribution in [0.3, 0.4) is 0 Å². The lowest BCUT2D eigenvalue weighted by Gasteiger charge is -2.32. The number of hydrogen-bond acceptors (Lipinski definition) is 2. The van der Waals surface area contributed by atoms with Gasteiger partial charge in [0.15, 0.2) is 5.41 Å². The van der Waals surface area contributed by atoms with Crippen LogP contribution >= 0.6 is 0 Å². The van der Waals surface area contributed by atoms with Crippen LogP contribution in [0.4, 0.5) is 26.3 Å². The first kappa shape index (κ1) is 11.1. The number of alkyl halides is 6. The van der Waals surface area contributed by atoms with Gasteiger partial charge < -0.3 is 5.73 Å². The van der Waals surface area contributed by atoms with Gasteiger partial charge in [-0.05, 0) is 0 Å². The van der Waals surface area contributed by atoms with Crippen molar-refractivity contribution in [2.75, 3.05) is 6.54 Å². The highest BCUT2D eigenvalue weighted by Gasteiger charge is 2.72. The van der Waals surface area contributed by atoms with E-state index in [0.29, 0.717) is 0 Å². The molecule has 0 aromatic heterocycles. The second-order valence-corrected chi connectivity index (χ2v) is 3.06. The highest BCUT2D eigenvalue weighted by molar-refractivity contribution is 5.83. The largest absolute Gasteiger partial charge is 0.405 e. The van der Waals surface area contributed by atoms with Gasteiger partial charge in [-0.3, -0.25) is 4.99 Å². The summed E-state index contributed by atoms with van der Waals surface area (Å²) in [4.78, 5) is 2.98. The first-order chi connectivity index (χ1) is 6.10. The van der Waals surface area contributed by atoms with E-state index in [0.717, 1.165) is 0 Å². The third kappa shape index (κ3) is 1.42. The van der Waals surface area contributed by atoms with Gasteiger partial charge in [0.05, 0.1) is 12.4 Å². The lowest BCUT2D eigenvalue weighted by Crippen LogP contribution is -2.51. The molecule has 82 valence electrons. The minimum atomic E-state index is -5.38. The lowest BCUT2D eigenvalue weighted by molar-refractivity contribution is -0.332. The Hall–Kier alpha value is -0.950. The summed E-state index contributed by atoms with van der Waals surface area (Å²) in [6.45, 7) is -1.37. The third-order valence-electron chi connectivity index (χ3n) is 2.12. The fourth-order valence-corrected chi connectivity index (χ4v) is 1.20. The van der Waals surface area contributed by atoms with E-state index in [2.05, 4.69) is 4.99 Å². The molecule has 0 aliphatic carbocycles. The zero-order valence-corrected chi connectivity index (χ0v) is 6.71. The summed E-state index contributed by atoms with van der Waals surface area (Å²) in [6.07, 6.45) is -12.1.